The number of nitrogens with zero attached hydrogens (tertiary/aromatic N) is 3. The summed E-state index contributed by atoms with van der Waals surface area (Å²) in [6.07, 6.45) is 0.859. The quantitative estimate of drug-likeness (QED) is 0.656. The molecule has 1 unspecified atom stereocenters. The van der Waals surface area contributed by atoms with E-state index in [9.17, 15) is 9.59 Å². The summed E-state index contributed by atoms with van der Waals surface area (Å²) in [5.41, 5.74) is 3.92. The largest absolute Gasteiger partial charge is 0.492 e. The summed E-state index contributed by atoms with van der Waals surface area (Å²) in [5, 5.41) is 4.60. The van der Waals surface area contributed by atoms with E-state index in [0.717, 1.165) is 41.9 Å². The Morgan fingerprint density at radius 3 is 2.70 bits per heavy atom. The van der Waals surface area contributed by atoms with Gasteiger partial charge in [0.1, 0.15) is 12.4 Å². The number of ether oxygens (including phenoxy) is 1. The Balaban J connectivity index is 1.79. The molecule has 30 heavy (non-hydrogen) atoms. The van der Waals surface area contributed by atoms with Crippen molar-refractivity contribution in [3.05, 3.63) is 61.6 Å². The second kappa shape index (κ2) is 7.77. The van der Waals surface area contributed by atoms with Gasteiger partial charge in [-0.2, -0.15) is 0 Å². The van der Waals surface area contributed by atoms with Gasteiger partial charge in [0.25, 0.3) is 5.56 Å². The van der Waals surface area contributed by atoms with Gasteiger partial charge in [-0.15, -0.1) is 0 Å². The number of hydrogen-bond donors (Lipinski definition) is 2. The number of likely N-dealkylation sites (N-methyl/N-ethyl adjacent to an activating group) is 1. The lowest BCUT2D eigenvalue weighted by Crippen LogP contribution is -2.44. The standard InChI is InChI=1S/C22H29N5O3/c1-13-18(21(28)27(5)22(29)26(13)4)20-19-15(8-9-23-20)16-12-14(6-7-17(16)24-19)30-11-10-25(2)3/h6-7,12,20,23-24H,8-11H2,1-5H3. The average molecular weight is 412 g/mol. The number of fused-ring (bicyclic) bond motifs is 3. The lowest BCUT2D eigenvalue weighted by atomic mass is 9.94. The topological polar surface area (TPSA) is 84.3 Å². The van der Waals surface area contributed by atoms with Crippen molar-refractivity contribution in [1.82, 2.24) is 24.3 Å². The van der Waals surface area contributed by atoms with Gasteiger partial charge in [-0.1, -0.05) is 0 Å². The molecule has 2 N–H and O–H groups in total. The normalized spacial score (nSPS) is 16.3. The van der Waals surface area contributed by atoms with Crippen LogP contribution in [0.15, 0.2) is 27.8 Å². The predicted octanol–water partition coefficient (Wildman–Crippen LogP) is 1.05. The molecule has 0 saturated carbocycles. The van der Waals surface area contributed by atoms with Gasteiger partial charge in [-0.3, -0.25) is 9.36 Å². The molecule has 0 aliphatic carbocycles. The van der Waals surface area contributed by atoms with Crippen LogP contribution in [0.3, 0.4) is 0 Å². The number of nitrogens with one attached hydrogen (secondary N) is 2. The molecule has 0 saturated heterocycles. The fraction of sp³-hybridized carbons (Fsp3) is 0.455. The molecule has 3 aromatic rings. The Morgan fingerprint density at radius 1 is 1.20 bits per heavy atom. The summed E-state index contributed by atoms with van der Waals surface area (Å²) in [7, 11) is 7.27. The first kappa shape index (κ1) is 20.4. The average Bonchev–Trinajstić information content (AvgIpc) is 3.09. The number of benzene rings is 1. The first-order valence-electron chi connectivity index (χ1n) is 10.2. The Morgan fingerprint density at radius 2 is 1.97 bits per heavy atom. The predicted molar refractivity (Wildman–Crippen MR) is 118 cm³/mol. The SMILES string of the molecule is Cc1c(C2NCCc3c2[nH]c2ccc(OCCN(C)C)cc32)c(=O)n(C)c(=O)n1C. The van der Waals surface area contributed by atoms with Crippen LogP contribution in [0.25, 0.3) is 10.9 Å². The molecule has 160 valence electrons. The highest BCUT2D eigenvalue weighted by Crippen LogP contribution is 2.34. The third kappa shape index (κ3) is 3.36. The van der Waals surface area contributed by atoms with Gasteiger partial charge in [0.2, 0.25) is 0 Å². The molecule has 0 fully saturated rings. The van der Waals surface area contributed by atoms with Crippen molar-refractivity contribution < 1.29 is 4.74 Å². The third-order valence-corrected chi connectivity index (χ3v) is 6.02. The van der Waals surface area contributed by atoms with Crippen molar-refractivity contribution in [2.24, 2.45) is 14.1 Å². The van der Waals surface area contributed by atoms with E-state index in [0.29, 0.717) is 17.9 Å². The minimum absolute atomic E-state index is 0.257. The van der Waals surface area contributed by atoms with E-state index in [4.69, 9.17) is 4.74 Å². The minimum atomic E-state index is -0.312. The van der Waals surface area contributed by atoms with E-state index < -0.39 is 0 Å². The van der Waals surface area contributed by atoms with Crippen molar-refractivity contribution in [3.63, 3.8) is 0 Å². The summed E-state index contributed by atoms with van der Waals surface area (Å²) in [5.74, 6) is 0.843. The summed E-state index contributed by atoms with van der Waals surface area (Å²) < 4.78 is 8.63. The summed E-state index contributed by atoms with van der Waals surface area (Å²) in [4.78, 5) is 30.9. The van der Waals surface area contributed by atoms with Crippen LogP contribution in [-0.2, 0) is 20.5 Å². The second-order valence-electron chi connectivity index (χ2n) is 8.22. The van der Waals surface area contributed by atoms with Crippen LogP contribution >= 0.6 is 0 Å². The van der Waals surface area contributed by atoms with Crippen LogP contribution in [-0.4, -0.2) is 52.8 Å². The van der Waals surface area contributed by atoms with Crippen LogP contribution in [0, 0.1) is 6.92 Å². The summed E-state index contributed by atoms with van der Waals surface area (Å²) >= 11 is 0. The van der Waals surface area contributed by atoms with Crippen molar-refractivity contribution in [3.8, 4) is 5.75 Å². The van der Waals surface area contributed by atoms with E-state index in [2.05, 4.69) is 21.3 Å². The van der Waals surface area contributed by atoms with Gasteiger partial charge in [0, 0.05) is 49.5 Å². The smallest absolute Gasteiger partial charge is 0.330 e. The van der Waals surface area contributed by atoms with Crippen LogP contribution in [0.4, 0.5) is 0 Å². The Bertz CT molecular complexity index is 1220. The van der Waals surface area contributed by atoms with Crippen LogP contribution < -0.4 is 21.3 Å². The molecule has 1 aromatic carbocycles. The molecule has 1 aliphatic heterocycles. The van der Waals surface area contributed by atoms with Crippen LogP contribution in [0.2, 0.25) is 0 Å². The number of H-pyrrole nitrogens is 1. The molecule has 4 rings (SSSR count). The summed E-state index contributed by atoms with van der Waals surface area (Å²) in [6.45, 7) is 4.06. The number of hydrogen-bond acceptors (Lipinski definition) is 5. The zero-order chi connectivity index (χ0) is 21.6. The number of aromatic amines is 1. The molecule has 2 aromatic heterocycles. The van der Waals surface area contributed by atoms with Crippen molar-refractivity contribution >= 4 is 10.9 Å². The molecule has 0 radical (unpaired) electrons. The fourth-order valence-corrected chi connectivity index (χ4v) is 4.19. The first-order chi connectivity index (χ1) is 14.3. The van der Waals surface area contributed by atoms with E-state index in [1.54, 1.807) is 7.05 Å². The van der Waals surface area contributed by atoms with Gasteiger partial charge in [0.15, 0.2) is 0 Å². The molecular formula is C22H29N5O3. The van der Waals surface area contributed by atoms with Crippen molar-refractivity contribution in [1.29, 1.82) is 0 Å². The highest BCUT2D eigenvalue weighted by molar-refractivity contribution is 5.86. The number of aromatic nitrogens is 3. The molecule has 3 heterocycles. The Hall–Kier alpha value is -2.84. The van der Waals surface area contributed by atoms with E-state index in [1.807, 2.05) is 33.2 Å². The summed E-state index contributed by atoms with van der Waals surface area (Å²) in [6, 6.07) is 5.79. The van der Waals surface area contributed by atoms with E-state index in [-0.39, 0.29) is 17.3 Å². The Labute approximate surface area is 175 Å². The molecular weight excluding hydrogens is 382 g/mol. The molecule has 0 amide bonds. The van der Waals surface area contributed by atoms with Gasteiger partial charge >= 0.3 is 5.69 Å². The number of rotatable bonds is 5. The van der Waals surface area contributed by atoms with Gasteiger partial charge in [-0.05, 0) is 51.2 Å². The van der Waals surface area contributed by atoms with Crippen LogP contribution in [0.5, 0.6) is 5.75 Å². The highest BCUT2D eigenvalue weighted by Gasteiger charge is 2.30. The van der Waals surface area contributed by atoms with E-state index >= 15 is 0 Å². The molecule has 8 heteroatoms. The minimum Gasteiger partial charge on any atom is -0.492 e. The lowest BCUT2D eigenvalue weighted by Gasteiger charge is -2.26. The zero-order valence-electron chi connectivity index (χ0n) is 18.2. The monoisotopic (exact) mass is 411 g/mol. The Kier molecular flexibility index (Phi) is 5.29. The molecule has 8 nitrogen and oxygen atoms in total. The molecule has 0 bridgehead atoms. The fourth-order valence-electron chi connectivity index (χ4n) is 4.19. The lowest BCUT2D eigenvalue weighted by molar-refractivity contribution is 0.261. The highest BCUT2D eigenvalue weighted by atomic mass is 16.5. The van der Waals surface area contributed by atoms with Gasteiger partial charge in [-0.25, -0.2) is 4.79 Å². The van der Waals surface area contributed by atoms with Crippen molar-refractivity contribution in [2.75, 3.05) is 33.8 Å². The van der Waals surface area contributed by atoms with Gasteiger partial charge < -0.3 is 24.5 Å². The third-order valence-electron chi connectivity index (χ3n) is 6.02. The van der Waals surface area contributed by atoms with Crippen LogP contribution in [0.1, 0.15) is 28.6 Å². The van der Waals surface area contributed by atoms with Crippen molar-refractivity contribution in [2.45, 2.75) is 19.4 Å². The molecule has 1 atom stereocenters. The van der Waals surface area contributed by atoms with Gasteiger partial charge in [0.05, 0.1) is 11.6 Å². The zero-order valence-corrected chi connectivity index (χ0v) is 18.2. The first-order valence-corrected chi connectivity index (χ1v) is 10.2. The maximum absolute atomic E-state index is 13.0. The molecule has 1 aliphatic rings. The molecule has 0 spiro atoms. The maximum Gasteiger partial charge on any atom is 0.330 e. The maximum atomic E-state index is 13.0. The van der Waals surface area contributed by atoms with E-state index in [1.165, 1.54) is 21.7 Å². The second-order valence-corrected chi connectivity index (χ2v) is 8.22.